The topological polar surface area (TPSA) is 51.5 Å². The van der Waals surface area contributed by atoms with Gasteiger partial charge in [0.15, 0.2) is 0 Å². The first-order valence-electron chi connectivity index (χ1n) is 7.23. The molecule has 0 atom stereocenters. The van der Waals surface area contributed by atoms with Crippen molar-refractivity contribution >= 4 is 17.1 Å². The monoisotopic (exact) mass is 295 g/mol. The molecule has 1 aromatic heterocycles. The standard InChI is InChI=1S/C18H17NO3/c20-18(21-13-14-6-2-1-3-7-14)19-11-10-16-12-15-8-4-5-9-17(15)22-16/h1-9,12H,10-11,13H2,(H,19,20). The van der Waals surface area contributed by atoms with E-state index in [9.17, 15) is 4.79 Å². The Morgan fingerprint density at radius 1 is 1.05 bits per heavy atom. The highest BCUT2D eigenvalue weighted by molar-refractivity contribution is 5.77. The Hall–Kier alpha value is -2.75. The van der Waals surface area contributed by atoms with Crippen LogP contribution in [0.15, 0.2) is 65.1 Å². The highest BCUT2D eigenvalue weighted by atomic mass is 16.5. The molecule has 0 saturated heterocycles. The zero-order valence-electron chi connectivity index (χ0n) is 12.1. The average molecular weight is 295 g/mol. The van der Waals surface area contributed by atoms with Crippen LogP contribution in [0.2, 0.25) is 0 Å². The third kappa shape index (κ3) is 3.67. The lowest BCUT2D eigenvalue weighted by molar-refractivity contribution is 0.139. The van der Waals surface area contributed by atoms with E-state index >= 15 is 0 Å². The van der Waals surface area contributed by atoms with Crippen LogP contribution in [-0.2, 0) is 17.8 Å². The van der Waals surface area contributed by atoms with Crippen molar-refractivity contribution in [2.24, 2.45) is 0 Å². The average Bonchev–Trinajstić information content (AvgIpc) is 2.96. The molecule has 0 fully saturated rings. The minimum Gasteiger partial charge on any atom is -0.461 e. The molecule has 0 unspecified atom stereocenters. The molecule has 0 aliphatic heterocycles. The summed E-state index contributed by atoms with van der Waals surface area (Å²) in [5.74, 6) is 0.851. The van der Waals surface area contributed by atoms with Crippen LogP contribution >= 0.6 is 0 Å². The first kappa shape index (κ1) is 14.2. The van der Waals surface area contributed by atoms with E-state index in [1.165, 1.54) is 0 Å². The Morgan fingerprint density at radius 2 is 1.82 bits per heavy atom. The van der Waals surface area contributed by atoms with Crippen LogP contribution < -0.4 is 5.32 Å². The van der Waals surface area contributed by atoms with Crippen LogP contribution in [0, 0.1) is 0 Å². The number of alkyl carbamates (subject to hydrolysis) is 1. The van der Waals surface area contributed by atoms with Crippen molar-refractivity contribution in [3.05, 3.63) is 72.0 Å². The Bertz CT molecular complexity index is 716. The summed E-state index contributed by atoms with van der Waals surface area (Å²) >= 11 is 0. The molecule has 4 heteroatoms. The van der Waals surface area contributed by atoms with Gasteiger partial charge in [-0.05, 0) is 17.7 Å². The van der Waals surface area contributed by atoms with E-state index in [4.69, 9.17) is 9.15 Å². The number of benzene rings is 2. The van der Waals surface area contributed by atoms with Gasteiger partial charge in [0.05, 0.1) is 0 Å². The molecular formula is C18H17NO3. The number of nitrogens with one attached hydrogen (secondary N) is 1. The maximum absolute atomic E-state index is 11.6. The fraction of sp³-hybridized carbons (Fsp3) is 0.167. The van der Waals surface area contributed by atoms with Gasteiger partial charge in [0, 0.05) is 18.4 Å². The highest BCUT2D eigenvalue weighted by Crippen LogP contribution is 2.18. The molecular weight excluding hydrogens is 278 g/mol. The lowest BCUT2D eigenvalue weighted by atomic mass is 10.2. The minimum absolute atomic E-state index is 0.275. The number of ether oxygens (including phenoxy) is 1. The fourth-order valence-electron chi connectivity index (χ4n) is 2.22. The summed E-state index contributed by atoms with van der Waals surface area (Å²) in [5.41, 5.74) is 1.83. The summed E-state index contributed by atoms with van der Waals surface area (Å²) in [6.45, 7) is 0.755. The van der Waals surface area contributed by atoms with Crippen molar-refractivity contribution in [3.8, 4) is 0 Å². The van der Waals surface area contributed by atoms with Crippen molar-refractivity contribution < 1.29 is 13.9 Å². The molecule has 3 rings (SSSR count). The van der Waals surface area contributed by atoms with E-state index in [0.29, 0.717) is 13.0 Å². The second-order valence-electron chi connectivity index (χ2n) is 4.99. The molecule has 4 nitrogen and oxygen atoms in total. The lowest BCUT2D eigenvalue weighted by Gasteiger charge is -2.06. The quantitative estimate of drug-likeness (QED) is 0.776. The molecule has 2 aromatic carbocycles. The first-order valence-corrected chi connectivity index (χ1v) is 7.23. The van der Waals surface area contributed by atoms with Gasteiger partial charge in [0.25, 0.3) is 0 Å². The smallest absolute Gasteiger partial charge is 0.407 e. The van der Waals surface area contributed by atoms with Gasteiger partial charge in [0.2, 0.25) is 0 Å². The predicted molar refractivity (Wildman–Crippen MR) is 84.5 cm³/mol. The first-order chi connectivity index (χ1) is 10.8. The number of amides is 1. The second kappa shape index (κ2) is 6.80. The van der Waals surface area contributed by atoms with E-state index in [1.807, 2.05) is 60.7 Å². The van der Waals surface area contributed by atoms with E-state index in [1.54, 1.807) is 0 Å². The zero-order valence-corrected chi connectivity index (χ0v) is 12.1. The van der Waals surface area contributed by atoms with Crippen LogP contribution in [0.1, 0.15) is 11.3 Å². The number of hydrogen-bond donors (Lipinski definition) is 1. The number of rotatable bonds is 5. The molecule has 112 valence electrons. The van der Waals surface area contributed by atoms with Gasteiger partial charge < -0.3 is 14.5 Å². The van der Waals surface area contributed by atoms with Crippen molar-refractivity contribution in [1.29, 1.82) is 0 Å². The van der Waals surface area contributed by atoms with Crippen LogP contribution in [0.25, 0.3) is 11.0 Å². The number of carbonyl (C=O) groups is 1. The molecule has 1 amide bonds. The van der Waals surface area contributed by atoms with E-state index in [0.717, 1.165) is 22.3 Å². The van der Waals surface area contributed by atoms with Crippen LogP contribution in [0.3, 0.4) is 0 Å². The zero-order chi connectivity index (χ0) is 15.2. The van der Waals surface area contributed by atoms with Crippen molar-refractivity contribution in [2.45, 2.75) is 13.0 Å². The van der Waals surface area contributed by atoms with Gasteiger partial charge >= 0.3 is 6.09 Å². The molecule has 22 heavy (non-hydrogen) atoms. The molecule has 0 saturated carbocycles. The highest BCUT2D eigenvalue weighted by Gasteiger charge is 2.05. The number of para-hydroxylation sites is 1. The number of carbonyl (C=O) groups excluding carboxylic acids is 1. The molecule has 0 radical (unpaired) electrons. The van der Waals surface area contributed by atoms with Gasteiger partial charge in [0.1, 0.15) is 18.0 Å². The molecule has 3 aromatic rings. The van der Waals surface area contributed by atoms with Crippen molar-refractivity contribution in [1.82, 2.24) is 5.32 Å². The van der Waals surface area contributed by atoms with E-state index < -0.39 is 6.09 Å². The van der Waals surface area contributed by atoms with E-state index in [2.05, 4.69) is 5.32 Å². The van der Waals surface area contributed by atoms with Gasteiger partial charge in [-0.1, -0.05) is 48.5 Å². The van der Waals surface area contributed by atoms with Crippen molar-refractivity contribution in [3.63, 3.8) is 0 Å². The summed E-state index contributed by atoms with van der Waals surface area (Å²) < 4.78 is 10.8. The second-order valence-corrected chi connectivity index (χ2v) is 4.99. The van der Waals surface area contributed by atoms with Crippen LogP contribution in [0.5, 0.6) is 0 Å². The molecule has 1 heterocycles. The SMILES string of the molecule is O=C(NCCc1cc2ccccc2o1)OCc1ccccc1. The predicted octanol–water partition coefficient (Wildman–Crippen LogP) is 3.90. The minimum atomic E-state index is -0.417. The number of fused-ring (bicyclic) bond motifs is 1. The summed E-state index contributed by atoms with van der Waals surface area (Å²) in [5, 5.41) is 3.80. The summed E-state index contributed by atoms with van der Waals surface area (Å²) in [7, 11) is 0. The molecule has 0 aliphatic rings. The normalized spacial score (nSPS) is 10.5. The van der Waals surface area contributed by atoms with Crippen molar-refractivity contribution in [2.75, 3.05) is 6.54 Å². The third-order valence-electron chi connectivity index (χ3n) is 3.33. The third-order valence-corrected chi connectivity index (χ3v) is 3.33. The maximum atomic E-state index is 11.6. The Kier molecular flexibility index (Phi) is 4.39. The Morgan fingerprint density at radius 3 is 2.64 bits per heavy atom. The fourth-order valence-corrected chi connectivity index (χ4v) is 2.22. The molecule has 1 N–H and O–H groups in total. The van der Waals surface area contributed by atoms with Crippen LogP contribution in [0.4, 0.5) is 4.79 Å². The van der Waals surface area contributed by atoms with E-state index in [-0.39, 0.29) is 6.61 Å². The summed E-state index contributed by atoms with van der Waals surface area (Å²) in [6, 6.07) is 19.4. The lowest BCUT2D eigenvalue weighted by Crippen LogP contribution is -2.26. The Labute approximate surface area is 128 Å². The van der Waals surface area contributed by atoms with Gasteiger partial charge in [-0.3, -0.25) is 0 Å². The number of hydrogen-bond acceptors (Lipinski definition) is 3. The van der Waals surface area contributed by atoms with Gasteiger partial charge in [-0.2, -0.15) is 0 Å². The van der Waals surface area contributed by atoms with Gasteiger partial charge in [-0.15, -0.1) is 0 Å². The largest absolute Gasteiger partial charge is 0.461 e. The molecule has 0 bridgehead atoms. The number of furan rings is 1. The Balaban J connectivity index is 1.43. The molecule has 0 aliphatic carbocycles. The van der Waals surface area contributed by atoms with Gasteiger partial charge in [-0.25, -0.2) is 4.79 Å². The maximum Gasteiger partial charge on any atom is 0.407 e. The van der Waals surface area contributed by atoms with Crippen LogP contribution in [-0.4, -0.2) is 12.6 Å². The summed E-state index contributed by atoms with van der Waals surface area (Å²) in [4.78, 5) is 11.6. The molecule has 0 spiro atoms. The summed E-state index contributed by atoms with van der Waals surface area (Å²) in [6.07, 6.45) is 0.217.